The van der Waals surface area contributed by atoms with Crippen molar-refractivity contribution in [2.75, 3.05) is 56.3 Å². The third-order valence-corrected chi connectivity index (χ3v) is 8.12. The molecule has 17 heteroatoms. The Balaban J connectivity index is 1.32. The molecule has 0 radical (unpaired) electrons. The van der Waals surface area contributed by atoms with Gasteiger partial charge in [0, 0.05) is 51.5 Å². The fourth-order valence-electron chi connectivity index (χ4n) is 4.57. The summed E-state index contributed by atoms with van der Waals surface area (Å²) in [5.74, 6) is 0.741. The zero-order valence-corrected chi connectivity index (χ0v) is 23.9. The predicted octanol–water partition coefficient (Wildman–Crippen LogP) is 1.26. The molecule has 3 amide bonds. The number of carbonyl (C=O) groups is 2. The largest absolute Gasteiger partial charge is 0.477 e. The summed E-state index contributed by atoms with van der Waals surface area (Å²) in [6.07, 6.45) is 4.37. The number of amides is 3. The van der Waals surface area contributed by atoms with Crippen LogP contribution in [0.3, 0.4) is 0 Å². The molecule has 0 aromatic carbocycles. The molecule has 41 heavy (non-hydrogen) atoms. The molecule has 4 heterocycles. The van der Waals surface area contributed by atoms with Gasteiger partial charge in [-0.25, -0.2) is 41.7 Å². The van der Waals surface area contributed by atoms with Crippen molar-refractivity contribution in [2.45, 2.75) is 44.4 Å². The van der Waals surface area contributed by atoms with Gasteiger partial charge in [-0.05, 0) is 26.2 Å². The molecule has 0 spiro atoms. The number of anilines is 2. The zero-order valence-electron chi connectivity index (χ0n) is 23.1. The van der Waals surface area contributed by atoms with Crippen molar-refractivity contribution in [3.63, 3.8) is 0 Å². The summed E-state index contributed by atoms with van der Waals surface area (Å²) in [7, 11) is -1.78. The van der Waals surface area contributed by atoms with Gasteiger partial charge in [-0.3, -0.25) is 5.32 Å². The first-order valence-corrected chi connectivity index (χ1v) is 15.0. The Morgan fingerprint density at radius 1 is 1.12 bits per heavy atom. The molecule has 0 aliphatic carbocycles. The second kappa shape index (κ2) is 13.2. The number of halogens is 1. The van der Waals surface area contributed by atoms with Crippen molar-refractivity contribution >= 4 is 33.9 Å². The Bertz CT molecular complexity index is 1310. The second-order valence-corrected chi connectivity index (χ2v) is 11.7. The average Bonchev–Trinajstić information content (AvgIpc) is 2.94. The lowest BCUT2D eigenvalue weighted by Gasteiger charge is -2.39. The highest BCUT2D eigenvalue weighted by Crippen LogP contribution is 2.24. The summed E-state index contributed by atoms with van der Waals surface area (Å²) in [6.45, 7) is 3.27. The minimum absolute atomic E-state index is 0.000153. The maximum absolute atomic E-state index is 14.9. The van der Waals surface area contributed by atoms with Crippen molar-refractivity contribution in [2.24, 2.45) is 0 Å². The van der Waals surface area contributed by atoms with Crippen molar-refractivity contribution in [1.29, 1.82) is 0 Å². The highest BCUT2D eigenvalue weighted by atomic mass is 32.2. The van der Waals surface area contributed by atoms with Crippen LogP contribution in [0.25, 0.3) is 0 Å². The van der Waals surface area contributed by atoms with Crippen molar-refractivity contribution in [3.05, 3.63) is 24.7 Å². The van der Waals surface area contributed by atoms with Crippen LogP contribution >= 0.6 is 0 Å². The molecular weight excluding hydrogens is 561 g/mol. The Labute approximate surface area is 237 Å². The molecule has 2 N–H and O–H groups in total. The Kier molecular flexibility index (Phi) is 9.69. The van der Waals surface area contributed by atoms with Crippen LogP contribution in [0, 0.1) is 0 Å². The van der Waals surface area contributed by atoms with E-state index in [-0.39, 0.29) is 36.7 Å². The van der Waals surface area contributed by atoms with Gasteiger partial charge in [-0.15, -0.1) is 0 Å². The molecule has 2 fully saturated rings. The van der Waals surface area contributed by atoms with E-state index in [0.29, 0.717) is 45.0 Å². The van der Waals surface area contributed by atoms with Gasteiger partial charge in [-0.1, -0.05) is 0 Å². The van der Waals surface area contributed by atoms with E-state index < -0.39 is 34.4 Å². The molecular formula is C24H34FN9O6S. The van der Waals surface area contributed by atoms with Crippen LogP contribution in [0.1, 0.15) is 26.2 Å². The number of urea groups is 1. The van der Waals surface area contributed by atoms with Gasteiger partial charge in [0.05, 0.1) is 31.3 Å². The SMILES string of the molecule is CCOc1cnc(NC(=O)N(C)[C@H]2CN(c3nccc(OC(=O)NC4CCN(S(C)(=O)=O)CC4)n3)CC[C@H]2F)cn1. The number of rotatable bonds is 8. The van der Waals surface area contributed by atoms with E-state index in [1.807, 2.05) is 6.92 Å². The van der Waals surface area contributed by atoms with Crippen LogP contribution in [0.2, 0.25) is 0 Å². The topological polar surface area (TPSA) is 172 Å². The number of sulfonamides is 1. The molecule has 15 nitrogen and oxygen atoms in total. The number of hydrogen-bond donors (Lipinski definition) is 2. The second-order valence-electron chi connectivity index (χ2n) is 9.70. The van der Waals surface area contributed by atoms with Crippen LogP contribution in [-0.4, -0.2) is 114 Å². The van der Waals surface area contributed by atoms with Crippen LogP contribution in [-0.2, 0) is 10.0 Å². The van der Waals surface area contributed by atoms with E-state index in [4.69, 9.17) is 9.47 Å². The van der Waals surface area contributed by atoms with Gasteiger partial charge < -0.3 is 24.6 Å². The van der Waals surface area contributed by atoms with E-state index in [9.17, 15) is 22.4 Å². The van der Waals surface area contributed by atoms with Crippen LogP contribution in [0.5, 0.6) is 11.8 Å². The Morgan fingerprint density at radius 3 is 2.54 bits per heavy atom. The fraction of sp³-hybridized carbons (Fsp3) is 0.583. The zero-order chi connectivity index (χ0) is 29.6. The molecule has 2 saturated heterocycles. The Morgan fingerprint density at radius 2 is 1.88 bits per heavy atom. The Hall–Kier alpha value is -3.86. The fourth-order valence-corrected chi connectivity index (χ4v) is 5.44. The van der Waals surface area contributed by atoms with Gasteiger partial charge in [0.15, 0.2) is 5.82 Å². The first-order valence-electron chi connectivity index (χ1n) is 13.2. The molecule has 4 rings (SSSR count). The van der Waals surface area contributed by atoms with Gasteiger partial charge in [0.25, 0.3) is 0 Å². The maximum Gasteiger partial charge on any atom is 0.414 e. The number of alkyl halides is 1. The van der Waals surface area contributed by atoms with Gasteiger partial charge in [-0.2, -0.15) is 4.98 Å². The molecule has 2 aliphatic heterocycles. The van der Waals surface area contributed by atoms with E-state index >= 15 is 0 Å². The van der Waals surface area contributed by atoms with Gasteiger partial charge in [0.1, 0.15) is 6.17 Å². The minimum Gasteiger partial charge on any atom is -0.477 e. The highest BCUT2D eigenvalue weighted by Gasteiger charge is 2.35. The normalized spacial score (nSPS) is 20.2. The highest BCUT2D eigenvalue weighted by molar-refractivity contribution is 7.88. The van der Waals surface area contributed by atoms with Crippen LogP contribution < -0.4 is 25.0 Å². The summed E-state index contributed by atoms with van der Waals surface area (Å²) in [5, 5.41) is 5.34. The number of carbonyl (C=O) groups excluding carboxylic acids is 2. The molecule has 2 aromatic heterocycles. The van der Waals surface area contributed by atoms with Crippen molar-refractivity contribution in [1.82, 2.24) is 34.5 Å². The lowest BCUT2D eigenvalue weighted by atomic mass is 10.0. The summed E-state index contributed by atoms with van der Waals surface area (Å²) in [4.78, 5) is 44.9. The number of likely N-dealkylation sites (N-methyl/N-ethyl adjacent to an activating group) is 1. The number of nitrogens with one attached hydrogen (secondary N) is 2. The quantitative estimate of drug-likeness (QED) is 0.450. The van der Waals surface area contributed by atoms with E-state index in [1.165, 1.54) is 40.9 Å². The average molecular weight is 596 g/mol. The number of aromatic nitrogens is 4. The van der Waals surface area contributed by atoms with Gasteiger partial charge >= 0.3 is 12.1 Å². The molecule has 0 saturated carbocycles. The van der Waals surface area contributed by atoms with E-state index in [1.54, 1.807) is 4.90 Å². The first-order chi connectivity index (χ1) is 19.5. The molecule has 0 bridgehead atoms. The summed E-state index contributed by atoms with van der Waals surface area (Å²) >= 11 is 0. The molecule has 2 atom stereocenters. The molecule has 224 valence electrons. The van der Waals surface area contributed by atoms with E-state index in [0.717, 1.165) is 6.26 Å². The monoisotopic (exact) mass is 595 g/mol. The van der Waals surface area contributed by atoms with Gasteiger partial charge in [0.2, 0.25) is 27.7 Å². The van der Waals surface area contributed by atoms with Crippen molar-refractivity contribution in [3.8, 4) is 11.8 Å². The minimum atomic E-state index is -3.27. The molecule has 0 unspecified atom stereocenters. The first kappa shape index (κ1) is 30.1. The van der Waals surface area contributed by atoms with Crippen molar-refractivity contribution < 1.29 is 31.9 Å². The number of piperidine rings is 2. The number of nitrogens with zero attached hydrogens (tertiary/aromatic N) is 7. The molecule has 2 aromatic rings. The lowest BCUT2D eigenvalue weighted by molar-refractivity contribution is 0.133. The third-order valence-electron chi connectivity index (χ3n) is 6.82. The van der Waals surface area contributed by atoms with E-state index in [2.05, 4.69) is 30.6 Å². The smallest absolute Gasteiger partial charge is 0.414 e. The van der Waals surface area contributed by atoms with Crippen LogP contribution in [0.4, 0.5) is 25.7 Å². The number of ether oxygens (including phenoxy) is 2. The maximum atomic E-state index is 14.9. The standard InChI is InChI=1S/C24H34FN9O6S/c1-4-39-21-14-27-19(13-28-21)30-23(35)32(2)18-15-33(10-8-17(18)25)22-26-9-5-20(31-22)40-24(36)29-16-6-11-34(12-7-16)41(3,37)38/h5,9,13-14,16-18H,4,6-8,10-12,15H2,1-3H3,(H,29,36)(H,27,30,35)/t17-,18+/m1/s1. The summed E-state index contributed by atoms with van der Waals surface area (Å²) in [5.41, 5.74) is 0. The third kappa shape index (κ3) is 8.09. The summed E-state index contributed by atoms with van der Waals surface area (Å²) in [6, 6.07) is -0.184. The number of hydrogen-bond acceptors (Lipinski definition) is 11. The van der Waals surface area contributed by atoms with Crippen LogP contribution in [0.15, 0.2) is 24.7 Å². The molecule has 2 aliphatic rings. The summed E-state index contributed by atoms with van der Waals surface area (Å²) < 4.78 is 50.2. The predicted molar refractivity (Wildman–Crippen MR) is 146 cm³/mol. The lowest BCUT2D eigenvalue weighted by Crippen LogP contribution is -2.55.